The molecule has 0 heterocycles. The number of aryl methyl sites for hydroxylation is 1. The van der Waals surface area contributed by atoms with Gasteiger partial charge in [0.2, 0.25) is 5.91 Å². The number of ether oxygens (including phenoxy) is 1. The molecule has 0 radical (unpaired) electrons. The number of benzene rings is 1. The Kier molecular flexibility index (Phi) is 5.36. The molecule has 0 aliphatic carbocycles. The molecular formula is C14H19NO4. The maximum atomic E-state index is 11.7. The van der Waals surface area contributed by atoms with Crippen molar-refractivity contribution in [1.29, 1.82) is 0 Å². The largest absolute Gasteiger partial charge is 0.496 e. The predicted molar refractivity (Wildman–Crippen MR) is 71.2 cm³/mol. The molecule has 1 unspecified atom stereocenters. The van der Waals surface area contributed by atoms with Gasteiger partial charge >= 0.3 is 5.97 Å². The molecule has 0 fully saturated rings. The predicted octanol–water partition coefficient (Wildman–Crippen LogP) is 1.38. The number of aliphatic carboxylic acids is 1. The highest BCUT2D eigenvalue weighted by Crippen LogP contribution is 2.18. The fourth-order valence-electron chi connectivity index (χ4n) is 1.65. The molecule has 5 heteroatoms. The molecule has 1 amide bonds. The summed E-state index contributed by atoms with van der Waals surface area (Å²) in [5, 5.41) is 11.3. The van der Waals surface area contributed by atoms with E-state index in [4.69, 9.17) is 9.84 Å². The number of hydrogen-bond acceptors (Lipinski definition) is 3. The van der Waals surface area contributed by atoms with E-state index in [0.717, 1.165) is 16.9 Å². The maximum absolute atomic E-state index is 11.7. The lowest BCUT2D eigenvalue weighted by Crippen LogP contribution is -2.32. The van der Waals surface area contributed by atoms with E-state index in [9.17, 15) is 9.59 Å². The number of carbonyl (C=O) groups is 2. The van der Waals surface area contributed by atoms with Crippen molar-refractivity contribution in [2.75, 3.05) is 13.7 Å². The molecule has 19 heavy (non-hydrogen) atoms. The van der Waals surface area contributed by atoms with Crippen molar-refractivity contribution >= 4 is 11.9 Å². The zero-order valence-electron chi connectivity index (χ0n) is 11.4. The fourth-order valence-corrected chi connectivity index (χ4v) is 1.65. The van der Waals surface area contributed by atoms with Crippen LogP contribution in [-0.4, -0.2) is 30.6 Å². The van der Waals surface area contributed by atoms with Gasteiger partial charge in [0.05, 0.1) is 19.4 Å². The van der Waals surface area contributed by atoms with Crippen LogP contribution in [0, 0.1) is 12.8 Å². The maximum Gasteiger partial charge on any atom is 0.308 e. The molecule has 0 saturated carbocycles. The summed E-state index contributed by atoms with van der Waals surface area (Å²) in [5.74, 6) is -0.900. The van der Waals surface area contributed by atoms with Gasteiger partial charge in [-0.3, -0.25) is 9.59 Å². The average molecular weight is 265 g/mol. The number of hydrogen-bond donors (Lipinski definition) is 2. The third-order valence-electron chi connectivity index (χ3n) is 2.85. The number of rotatable bonds is 6. The highest BCUT2D eigenvalue weighted by atomic mass is 16.5. The monoisotopic (exact) mass is 265 g/mol. The van der Waals surface area contributed by atoms with Gasteiger partial charge in [-0.15, -0.1) is 0 Å². The van der Waals surface area contributed by atoms with E-state index in [1.54, 1.807) is 14.0 Å². The van der Waals surface area contributed by atoms with Crippen molar-refractivity contribution in [3.8, 4) is 5.75 Å². The summed E-state index contributed by atoms with van der Waals surface area (Å²) < 4.78 is 5.14. The molecule has 0 spiro atoms. The molecule has 0 bridgehead atoms. The summed E-state index contributed by atoms with van der Waals surface area (Å²) in [7, 11) is 1.60. The van der Waals surface area contributed by atoms with Crippen LogP contribution in [0.3, 0.4) is 0 Å². The number of nitrogens with one attached hydrogen (secondary N) is 1. The SMILES string of the molecule is COc1ccc(CC(=O)NCC(C)C(=O)O)cc1C. The molecule has 5 nitrogen and oxygen atoms in total. The highest BCUT2D eigenvalue weighted by Gasteiger charge is 2.12. The third-order valence-corrected chi connectivity index (χ3v) is 2.85. The number of carboxylic acid groups (broad SMARTS) is 1. The van der Waals surface area contributed by atoms with E-state index in [2.05, 4.69) is 5.32 Å². The van der Waals surface area contributed by atoms with Gasteiger partial charge in [-0.25, -0.2) is 0 Å². The lowest BCUT2D eigenvalue weighted by atomic mass is 10.1. The Bertz CT molecular complexity index is 471. The second kappa shape index (κ2) is 6.78. The van der Waals surface area contributed by atoms with Crippen molar-refractivity contribution in [2.45, 2.75) is 20.3 Å². The van der Waals surface area contributed by atoms with Gasteiger partial charge in [-0.1, -0.05) is 19.1 Å². The first-order chi connectivity index (χ1) is 8.93. The van der Waals surface area contributed by atoms with Crippen LogP contribution in [0.2, 0.25) is 0 Å². The van der Waals surface area contributed by atoms with Gasteiger partial charge in [0.25, 0.3) is 0 Å². The van der Waals surface area contributed by atoms with E-state index in [0.29, 0.717) is 0 Å². The molecular weight excluding hydrogens is 246 g/mol. The zero-order valence-corrected chi connectivity index (χ0v) is 11.4. The standard InChI is InChI=1S/C14H19NO4/c1-9-6-11(4-5-12(9)19-3)7-13(16)15-8-10(2)14(17)18/h4-6,10H,7-8H2,1-3H3,(H,15,16)(H,17,18). The van der Waals surface area contributed by atoms with E-state index in [1.807, 2.05) is 25.1 Å². The smallest absolute Gasteiger partial charge is 0.308 e. The van der Waals surface area contributed by atoms with Gasteiger partial charge in [0.1, 0.15) is 5.75 Å². The highest BCUT2D eigenvalue weighted by molar-refractivity contribution is 5.79. The van der Waals surface area contributed by atoms with Crippen LogP contribution in [0.15, 0.2) is 18.2 Å². The van der Waals surface area contributed by atoms with Crippen molar-refractivity contribution < 1.29 is 19.4 Å². The van der Waals surface area contributed by atoms with Gasteiger partial charge in [-0.05, 0) is 24.1 Å². The van der Waals surface area contributed by atoms with Crippen molar-refractivity contribution in [1.82, 2.24) is 5.32 Å². The Morgan fingerprint density at radius 1 is 1.42 bits per heavy atom. The van der Waals surface area contributed by atoms with Crippen LogP contribution in [0.5, 0.6) is 5.75 Å². The summed E-state index contributed by atoms with van der Waals surface area (Å²) >= 11 is 0. The topological polar surface area (TPSA) is 75.6 Å². The van der Waals surface area contributed by atoms with Crippen LogP contribution in [-0.2, 0) is 16.0 Å². The van der Waals surface area contributed by atoms with Crippen LogP contribution < -0.4 is 10.1 Å². The normalized spacial score (nSPS) is 11.7. The summed E-state index contributed by atoms with van der Waals surface area (Å²) in [6.45, 7) is 3.61. The summed E-state index contributed by atoms with van der Waals surface area (Å²) in [5.41, 5.74) is 1.84. The van der Waals surface area contributed by atoms with Crippen LogP contribution in [0.25, 0.3) is 0 Å². The van der Waals surface area contributed by atoms with Gasteiger partial charge < -0.3 is 15.2 Å². The van der Waals surface area contributed by atoms with E-state index in [1.165, 1.54) is 0 Å². The second-order valence-corrected chi connectivity index (χ2v) is 4.52. The lowest BCUT2D eigenvalue weighted by Gasteiger charge is -2.10. The number of carbonyl (C=O) groups excluding carboxylic acids is 1. The molecule has 1 aromatic rings. The third kappa shape index (κ3) is 4.62. The minimum absolute atomic E-state index is 0.142. The van der Waals surface area contributed by atoms with Crippen molar-refractivity contribution in [3.05, 3.63) is 29.3 Å². The molecule has 0 aromatic heterocycles. The second-order valence-electron chi connectivity index (χ2n) is 4.52. The van der Waals surface area contributed by atoms with Crippen LogP contribution in [0.4, 0.5) is 0 Å². The minimum atomic E-state index is -0.916. The average Bonchev–Trinajstić information content (AvgIpc) is 2.36. The first kappa shape index (κ1) is 15.0. The fraction of sp³-hybridized carbons (Fsp3) is 0.429. The van der Waals surface area contributed by atoms with Gasteiger partial charge in [0.15, 0.2) is 0 Å². The van der Waals surface area contributed by atoms with Crippen LogP contribution in [0.1, 0.15) is 18.1 Å². The Morgan fingerprint density at radius 2 is 2.11 bits per heavy atom. The van der Waals surface area contributed by atoms with Gasteiger partial charge in [-0.2, -0.15) is 0 Å². The van der Waals surface area contributed by atoms with E-state index >= 15 is 0 Å². The minimum Gasteiger partial charge on any atom is -0.496 e. The molecule has 104 valence electrons. The molecule has 1 rings (SSSR count). The molecule has 0 saturated heterocycles. The zero-order chi connectivity index (χ0) is 14.4. The number of carboxylic acids is 1. The Balaban J connectivity index is 2.53. The van der Waals surface area contributed by atoms with Crippen molar-refractivity contribution in [3.63, 3.8) is 0 Å². The molecule has 0 aliphatic heterocycles. The Hall–Kier alpha value is -2.04. The molecule has 2 N–H and O–H groups in total. The summed E-state index contributed by atoms with van der Waals surface area (Å²) in [4.78, 5) is 22.3. The molecule has 0 aliphatic rings. The van der Waals surface area contributed by atoms with Crippen molar-refractivity contribution in [2.24, 2.45) is 5.92 Å². The number of amides is 1. The first-order valence-corrected chi connectivity index (χ1v) is 6.07. The summed E-state index contributed by atoms with van der Waals surface area (Å²) in [6, 6.07) is 5.53. The van der Waals surface area contributed by atoms with E-state index in [-0.39, 0.29) is 18.9 Å². The molecule has 1 atom stereocenters. The molecule has 1 aromatic carbocycles. The Labute approximate surface area is 112 Å². The Morgan fingerprint density at radius 3 is 2.63 bits per heavy atom. The van der Waals surface area contributed by atoms with E-state index < -0.39 is 11.9 Å². The lowest BCUT2D eigenvalue weighted by molar-refractivity contribution is -0.141. The first-order valence-electron chi connectivity index (χ1n) is 6.07. The van der Waals surface area contributed by atoms with Crippen LogP contribution >= 0.6 is 0 Å². The van der Waals surface area contributed by atoms with Gasteiger partial charge in [0, 0.05) is 6.54 Å². The number of methoxy groups -OCH3 is 1. The summed E-state index contributed by atoms with van der Waals surface area (Å²) in [6.07, 6.45) is 0.233. The quantitative estimate of drug-likeness (QED) is 0.815.